The van der Waals surface area contributed by atoms with Crippen LogP contribution < -0.4 is 0 Å². The van der Waals surface area contributed by atoms with E-state index in [0.29, 0.717) is 19.6 Å². The summed E-state index contributed by atoms with van der Waals surface area (Å²) in [5.74, 6) is -0.254. The smallest absolute Gasteiger partial charge is 0.310 e. The predicted molar refractivity (Wildman–Crippen MR) is 62.4 cm³/mol. The summed E-state index contributed by atoms with van der Waals surface area (Å²) in [7, 11) is 3.01. The molecule has 0 aromatic heterocycles. The van der Waals surface area contributed by atoms with Gasteiger partial charge in [0.2, 0.25) is 5.91 Å². The fraction of sp³-hybridized carbons (Fsp3) is 0.833. The topological polar surface area (TPSA) is 55.8 Å². The van der Waals surface area contributed by atoms with Crippen molar-refractivity contribution in [2.24, 2.45) is 5.92 Å². The lowest BCUT2D eigenvalue weighted by Crippen LogP contribution is -2.42. The lowest BCUT2D eigenvalue weighted by Gasteiger charge is -2.31. The van der Waals surface area contributed by atoms with Crippen LogP contribution in [0.5, 0.6) is 0 Å². The molecule has 1 amide bonds. The first kappa shape index (κ1) is 14.0. The first-order chi connectivity index (χ1) is 8.19. The Morgan fingerprint density at radius 1 is 1.35 bits per heavy atom. The summed E-state index contributed by atoms with van der Waals surface area (Å²) in [6.07, 6.45) is 2.90. The molecule has 1 fully saturated rings. The Kier molecular flexibility index (Phi) is 5.97. The monoisotopic (exact) mass is 243 g/mol. The number of ether oxygens (including phenoxy) is 2. The first-order valence-electron chi connectivity index (χ1n) is 6.03. The average molecular weight is 243 g/mol. The van der Waals surface area contributed by atoms with Gasteiger partial charge in [0.05, 0.1) is 13.0 Å². The van der Waals surface area contributed by atoms with Gasteiger partial charge in [-0.1, -0.05) is 0 Å². The van der Waals surface area contributed by atoms with E-state index in [-0.39, 0.29) is 17.8 Å². The molecule has 1 atom stereocenters. The Bertz CT molecular complexity index is 267. The second kappa shape index (κ2) is 7.27. The van der Waals surface area contributed by atoms with Crippen LogP contribution in [0.25, 0.3) is 0 Å². The van der Waals surface area contributed by atoms with Crippen molar-refractivity contribution in [1.29, 1.82) is 0 Å². The maximum Gasteiger partial charge on any atom is 0.310 e. The van der Waals surface area contributed by atoms with Crippen molar-refractivity contribution in [3.05, 3.63) is 0 Å². The minimum Gasteiger partial charge on any atom is -0.469 e. The molecule has 0 spiro atoms. The molecule has 17 heavy (non-hydrogen) atoms. The van der Waals surface area contributed by atoms with Crippen LogP contribution in [0.2, 0.25) is 0 Å². The van der Waals surface area contributed by atoms with Crippen LogP contribution in [-0.4, -0.2) is 50.7 Å². The van der Waals surface area contributed by atoms with E-state index < -0.39 is 0 Å². The fourth-order valence-electron chi connectivity index (χ4n) is 2.09. The number of methoxy groups -OCH3 is 2. The molecule has 1 heterocycles. The number of likely N-dealkylation sites (tertiary alicyclic amines) is 1. The Morgan fingerprint density at radius 2 is 2.12 bits per heavy atom. The third-order valence-electron chi connectivity index (χ3n) is 3.05. The lowest BCUT2D eigenvalue weighted by atomic mass is 9.98. The Hall–Kier alpha value is -1.10. The number of hydrogen-bond acceptors (Lipinski definition) is 4. The van der Waals surface area contributed by atoms with E-state index in [1.165, 1.54) is 7.11 Å². The quantitative estimate of drug-likeness (QED) is 0.530. The van der Waals surface area contributed by atoms with E-state index in [9.17, 15) is 9.59 Å². The zero-order valence-electron chi connectivity index (χ0n) is 10.6. The molecule has 1 aliphatic heterocycles. The highest BCUT2D eigenvalue weighted by Crippen LogP contribution is 2.18. The van der Waals surface area contributed by atoms with Crippen molar-refractivity contribution in [1.82, 2.24) is 4.90 Å². The molecular weight excluding hydrogens is 222 g/mol. The molecule has 1 rings (SSSR count). The molecule has 0 radical (unpaired) electrons. The van der Waals surface area contributed by atoms with E-state index in [0.717, 1.165) is 25.8 Å². The van der Waals surface area contributed by atoms with Gasteiger partial charge in [-0.25, -0.2) is 0 Å². The van der Waals surface area contributed by atoms with Gasteiger partial charge >= 0.3 is 5.97 Å². The molecule has 5 heteroatoms. The van der Waals surface area contributed by atoms with Crippen LogP contribution in [0, 0.1) is 5.92 Å². The molecular formula is C12H21NO4. The minimum atomic E-state index is -0.209. The lowest BCUT2D eigenvalue weighted by molar-refractivity contribution is -0.149. The van der Waals surface area contributed by atoms with Crippen molar-refractivity contribution < 1.29 is 19.1 Å². The Morgan fingerprint density at radius 3 is 2.76 bits per heavy atom. The minimum absolute atomic E-state index is 0.107. The molecule has 0 aromatic rings. The van der Waals surface area contributed by atoms with E-state index in [1.54, 1.807) is 12.0 Å². The number of rotatable bonds is 5. The Labute approximate surface area is 102 Å². The van der Waals surface area contributed by atoms with Crippen LogP contribution in [-0.2, 0) is 19.1 Å². The molecule has 0 aliphatic carbocycles. The average Bonchev–Trinajstić information content (AvgIpc) is 2.38. The number of piperidine rings is 1. The largest absolute Gasteiger partial charge is 0.469 e. The number of hydrogen-bond donors (Lipinski definition) is 0. The summed E-state index contributed by atoms with van der Waals surface area (Å²) in [6, 6.07) is 0. The summed E-state index contributed by atoms with van der Waals surface area (Å²) in [6.45, 7) is 1.85. The van der Waals surface area contributed by atoms with E-state index >= 15 is 0 Å². The molecule has 1 aliphatic rings. The van der Waals surface area contributed by atoms with Gasteiger partial charge in [0.15, 0.2) is 0 Å². The third-order valence-corrected chi connectivity index (χ3v) is 3.05. The zero-order valence-corrected chi connectivity index (χ0v) is 10.6. The normalized spacial score (nSPS) is 20.1. The standard InChI is InChI=1S/C12H21NO4/c1-16-8-4-6-11(14)13-7-3-5-10(9-13)12(15)17-2/h10H,3-9H2,1-2H3/t10-/m0/s1. The molecule has 0 aromatic carbocycles. The highest BCUT2D eigenvalue weighted by Gasteiger charge is 2.28. The number of nitrogens with zero attached hydrogens (tertiary/aromatic N) is 1. The van der Waals surface area contributed by atoms with Crippen LogP contribution in [0.3, 0.4) is 0 Å². The van der Waals surface area contributed by atoms with Crippen LogP contribution in [0.15, 0.2) is 0 Å². The van der Waals surface area contributed by atoms with Gasteiger partial charge in [-0.2, -0.15) is 0 Å². The Balaban J connectivity index is 2.37. The number of esters is 1. The van der Waals surface area contributed by atoms with Gasteiger partial charge in [-0.3, -0.25) is 9.59 Å². The molecule has 5 nitrogen and oxygen atoms in total. The van der Waals surface area contributed by atoms with Crippen LogP contribution in [0.4, 0.5) is 0 Å². The van der Waals surface area contributed by atoms with E-state index in [1.807, 2.05) is 0 Å². The maximum absolute atomic E-state index is 11.8. The van der Waals surface area contributed by atoms with Crippen molar-refractivity contribution in [2.45, 2.75) is 25.7 Å². The van der Waals surface area contributed by atoms with Crippen LogP contribution in [0.1, 0.15) is 25.7 Å². The van der Waals surface area contributed by atoms with Crippen molar-refractivity contribution >= 4 is 11.9 Å². The van der Waals surface area contributed by atoms with Crippen molar-refractivity contribution in [3.8, 4) is 0 Å². The SMILES string of the molecule is COCCCC(=O)N1CCC[C@H](C(=O)OC)C1. The highest BCUT2D eigenvalue weighted by atomic mass is 16.5. The van der Waals surface area contributed by atoms with E-state index in [4.69, 9.17) is 9.47 Å². The molecule has 1 saturated heterocycles. The van der Waals surface area contributed by atoms with Gasteiger partial charge in [-0.05, 0) is 19.3 Å². The summed E-state index contributed by atoms with van der Waals surface area (Å²) in [4.78, 5) is 25.0. The van der Waals surface area contributed by atoms with Crippen molar-refractivity contribution in [2.75, 3.05) is 33.9 Å². The van der Waals surface area contributed by atoms with Gasteiger partial charge < -0.3 is 14.4 Å². The van der Waals surface area contributed by atoms with Crippen LogP contribution >= 0.6 is 0 Å². The summed E-state index contributed by atoms with van der Waals surface area (Å²) in [5.41, 5.74) is 0. The van der Waals surface area contributed by atoms with E-state index in [2.05, 4.69) is 0 Å². The summed E-state index contributed by atoms with van der Waals surface area (Å²) >= 11 is 0. The molecule has 98 valence electrons. The van der Waals surface area contributed by atoms with Gasteiger partial charge in [0.25, 0.3) is 0 Å². The molecule has 0 unspecified atom stereocenters. The van der Waals surface area contributed by atoms with Gasteiger partial charge in [0, 0.05) is 33.2 Å². The number of amides is 1. The fourth-order valence-corrected chi connectivity index (χ4v) is 2.09. The second-order valence-electron chi connectivity index (χ2n) is 4.30. The predicted octanol–water partition coefficient (Wildman–Crippen LogP) is 0.825. The summed E-state index contributed by atoms with van der Waals surface area (Å²) < 4.78 is 9.63. The zero-order chi connectivity index (χ0) is 12.7. The summed E-state index contributed by atoms with van der Waals surface area (Å²) in [5, 5.41) is 0. The molecule has 0 N–H and O–H groups in total. The van der Waals surface area contributed by atoms with Crippen molar-refractivity contribution in [3.63, 3.8) is 0 Å². The number of carbonyl (C=O) groups is 2. The maximum atomic E-state index is 11.8. The number of carbonyl (C=O) groups excluding carboxylic acids is 2. The highest BCUT2D eigenvalue weighted by molar-refractivity contribution is 5.78. The van der Waals surface area contributed by atoms with Gasteiger partial charge in [-0.15, -0.1) is 0 Å². The second-order valence-corrected chi connectivity index (χ2v) is 4.30. The van der Waals surface area contributed by atoms with Gasteiger partial charge in [0.1, 0.15) is 0 Å². The third kappa shape index (κ3) is 4.34. The first-order valence-corrected chi connectivity index (χ1v) is 6.03. The molecule has 0 saturated carbocycles. The molecule has 0 bridgehead atoms.